The summed E-state index contributed by atoms with van der Waals surface area (Å²) in [4.78, 5) is 19.9. The summed E-state index contributed by atoms with van der Waals surface area (Å²) in [7, 11) is 2.09. The highest BCUT2D eigenvalue weighted by atomic mass is 35.5. The molecule has 0 radical (unpaired) electrons. The molecule has 2 aromatic carbocycles. The molecule has 5 rings (SSSR count). The van der Waals surface area contributed by atoms with Gasteiger partial charge in [-0.2, -0.15) is 0 Å². The second-order valence-corrected chi connectivity index (χ2v) is 9.88. The number of amides is 1. The molecule has 2 aliphatic rings. The maximum Gasteiger partial charge on any atom is 0.254 e. The van der Waals surface area contributed by atoms with Gasteiger partial charge in [-0.3, -0.25) is 4.79 Å². The van der Waals surface area contributed by atoms with Gasteiger partial charge in [0.15, 0.2) is 0 Å². The van der Waals surface area contributed by atoms with Crippen molar-refractivity contribution in [1.82, 2.24) is 15.0 Å². The van der Waals surface area contributed by atoms with Crippen LogP contribution in [0.1, 0.15) is 28.8 Å². The second kappa shape index (κ2) is 11.0. The van der Waals surface area contributed by atoms with Crippen LogP contribution in [0.15, 0.2) is 53.1 Å². The van der Waals surface area contributed by atoms with Gasteiger partial charge in [0.2, 0.25) is 5.88 Å². The molecule has 3 heterocycles. The molecule has 0 aliphatic carbocycles. The van der Waals surface area contributed by atoms with E-state index in [2.05, 4.69) is 22.0 Å². The van der Waals surface area contributed by atoms with Crippen molar-refractivity contribution in [2.75, 3.05) is 51.3 Å². The third kappa shape index (κ3) is 5.56. The lowest BCUT2D eigenvalue weighted by molar-refractivity contribution is 0.0507. The quantitative estimate of drug-likeness (QED) is 0.457. The Bertz CT molecular complexity index is 1170. The van der Waals surface area contributed by atoms with Gasteiger partial charge in [-0.05, 0) is 68.4 Å². The summed E-state index contributed by atoms with van der Waals surface area (Å²) in [5.74, 6) is 0.224. The average molecular weight is 513 g/mol. The Morgan fingerprint density at radius 1 is 1.11 bits per heavy atom. The molecule has 0 unspecified atom stereocenters. The maximum absolute atomic E-state index is 13.7. The summed E-state index contributed by atoms with van der Waals surface area (Å²) >= 11 is 6.06. The zero-order chi connectivity index (χ0) is 25.1. The van der Waals surface area contributed by atoms with Crippen LogP contribution in [0.5, 0.6) is 0 Å². The topological polar surface area (TPSA) is 62.1 Å². The molecule has 0 N–H and O–H groups in total. The van der Waals surface area contributed by atoms with E-state index in [1.54, 1.807) is 41.3 Å². The Morgan fingerprint density at radius 2 is 1.83 bits per heavy atom. The maximum atomic E-state index is 13.7. The number of benzene rings is 2. The highest BCUT2D eigenvalue weighted by Crippen LogP contribution is 2.34. The highest BCUT2D eigenvalue weighted by Gasteiger charge is 2.30. The molecule has 36 heavy (non-hydrogen) atoms. The van der Waals surface area contributed by atoms with E-state index in [0.29, 0.717) is 41.9 Å². The molecular formula is C27H30ClFN4O3. The molecule has 0 bridgehead atoms. The first-order valence-electron chi connectivity index (χ1n) is 12.3. The van der Waals surface area contributed by atoms with Gasteiger partial charge in [0, 0.05) is 55.5 Å². The first-order valence-corrected chi connectivity index (χ1v) is 12.7. The van der Waals surface area contributed by atoms with Crippen LogP contribution in [0.4, 0.5) is 10.3 Å². The van der Waals surface area contributed by atoms with Crippen LogP contribution in [0.2, 0.25) is 5.02 Å². The van der Waals surface area contributed by atoms with Crippen LogP contribution in [-0.4, -0.2) is 73.3 Å². The minimum Gasteiger partial charge on any atom is -0.376 e. The Labute approximate surface area is 215 Å². The molecule has 9 heteroatoms. The van der Waals surface area contributed by atoms with Gasteiger partial charge >= 0.3 is 0 Å². The lowest BCUT2D eigenvalue weighted by atomic mass is 10.1. The first kappa shape index (κ1) is 24.7. The molecule has 2 saturated heterocycles. The normalized spacial score (nSPS) is 18.5. The summed E-state index contributed by atoms with van der Waals surface area (Å²) in [6, 6.07) is 13.1. The van der Waals surface area contributed by atoms with E-state index in [1.807, 2.05) is 0 Å². The predicted molar refractivity (Wildman–Crippen MR) is 137 cm³/mol. The van der Waals surface area contributed by atoms with Crippen LogP contribution in [0, 0.1) is 5.82 Å². The molecule has 7 nitrogen and oxygen atoms in total. The zero-order valence-corrected chi connectivity index (χ0v) is 21.1. The molecule has 1 atom stereocenters. The monoisotopic (exact) mass is 512 g/mol. The van der Waals surface area contributed by atoms with Crippen LogP contribution in [-0.2, 0) is 11.3 Å². The fraction of sp³-hybridized carbons (Fsp3) is 0.407. The van der Waals surface area contributed by atoms with Crippen molar-refractivity contribution in [1.29, 1.82) is 0 Å². The number of nitrogens with zero attached hydrogens (tertiary/aromatic N) is 4. The molecule has 0 saturated carbocycles. The Morgan fingerprint density at radius 3 is 2.50 bits per heavy atom. The molecular weight excluding hydrogens is 483 g/mol. The van der Waals surface area contributed by atoms with E-state index in [9.17, 15) is 9.18 Å². The van der Waals surface area contributed by atoms with Crippen LogP contribution in [0.3, 0.4) is 0 Å². The predicted octanol–water partition coefficient (Wildman–Crippen LogP) is 4.71. The number of ether oxygens (including phenoxy) is 1. The fourth-order valence-electron chi connectivity index (χ4n) is 4.76. The Kier molecular flexibility index (Phi) is 7.55. The smallest absolute Gasteiger partial charge is 0.254 e. The fourth-order valence-corrected chi connectivity index (χ4v) is 4.88. The second-order valence-electron chi connectivity index (χ2n) is 9.44. The standard InChI is InChI=1S/C27H30ClFN4O3/c1-31-12-14-32(15-13-31)27-24(25(30-36-27)19-6-10-22(29)11-7-19)18-33(17-23-3-2-16-35-23)26(34)20-4-8-21(28)9-5-20/h4-11,23H,2-3,12-18H2,1H3/t23-/m1/s1. The van der Waals surface area contributed by atoms with Gasteiger partial charge in [-0.1, -0.05) is 16.8 Å². The van der Waals surface area contributed by atoms with Gasteiger partial charge in [0.1, 0.15) is 11.5 Å². The van der Waals surface area contributed by atoms with Crippen molar-refractivity contribution in [2.24, 2.45) is 0 Å². The van der Waals surface area contributed by atoms with Crippen molar-refractivity contribution in [3.63, 3.8) is 0 Å². The third-order valence-electron chi connectivity index (χ3n) is 6.85. The number of piperazine rings is 1. The lowest BCUT2D eigenvalue weighted by Crippen LogP contribution is -2.45. The lowest BCUT2D eigenvalue weighted by Gasteiger charge is -2.33. The van der Waals surface area contributed by atoms with Crippen molar-refractivity contribution >= 4 is 23.4 Å². The number of halogens is 2. The molecule has 3 aromatic rings. The van der Waals surface area contributed by atoms with Crippen LogP contribution < -0.4 is 4.90 Å². The first-order chi connectivity index (χ1) is 17.5. The number of anilines is 1. The van der Waals surface area contributed by atoms with E-state index in [0.717, 1.165) is 50.1 Å². The molecule has 1 amide bonds. The Hall–Kier alpha value is -2.94. The largest absolute Gasteiger partial charge is 0.376 e. The minimum atomic E-state index is -0.319. The summed E-state index contributed by atoms with van der Waals surface area (Å²) in [6.45, 7) is 4.83. The summed E-state index contributed by atoms with van der Waals surface area (Å²) < 4.78 is 25.4. The van der Waals surface area contributed by atoms with E-state index >= 15 is 0 Å². The molecule has 190 valence electrons. The molecule has 2 aliphatic heterocycles. The molecule has 2 fully saturated rings. The van der Waals surface area contributed by atoms with Gasteiger partial charge in [0.25, 0.3) is 5.91 Å². The van der Waals surface area contributed by atoms with E-state index in [1.165, 1.54) is 12.1 Å². The van der Waals surface area contributed by atoms with Gasteiger partial charge in [-0.15, -0.1) is 0 Å². The van der Waals surface area contributed by atoms with Crippen molar-refractivity contribution < 1.29 is 18.4 Å². The average Bonchev–Trinajstić information content (AvgIpc) is 3.55. The minimum absolute atomic E-state index is 0.0255. The number of carbonyl (C=O) groups is 1. The number of likely N-dealkylation sites (N-methyl/N-ethyl adjacent to an activating group) is 1. The van der Waals surface area contributed by atoms with Crippen molar-refractivity contribution in [2.45, 2.75) is 25.5 Å². The molecule has 1 aromatic heterocycles. The zero-order valence-electron chi connectivity index (χ0n) is 20.3. The molecule has 0 spiro atoms. The van der Waals surface area contributed by atoms with Gasteiger partial charge in [-0.25, -0.2) is 4.39 Å². The van der Waals surface area contributed by atoms with Crippen molar-refractivity contribution in [3.8, 4) is 11.3 Å². The van der Waals surface area contributed by atoms with E-state index in [4.69, 9.17) is 20.9 Å². The summed E-state index contributed by atoms with van der Waals surface area (Å²) in [5.41, 5.74) is 2.72. The van der Waals surface area contributed by atoms with E-state index < -0.39 is 0 Å². The van der Waals surface area contributed by atoms with Crippen LogP contribution >= 0.6 is 11.6 Å². The summed E-state index contributed by atoms with van der Waals surface area (Å²) in [6.07, 6.45) is 1.86. The number of carbonyl (C=O) groups excluding carboxylic acids is 1. The Balaban J connectivity index is 1.51. The third-order valence-corrected chi connectivity index (χ3v) is 7.10. The van der Waals surface area contributed by atoms with Crippen molar-refractivity contribution in [3.05, 3.63) is 70.5 Å². The van der Waals surface area contributed by atoms with Crippen LogP contribution in [0.25, 0.3) is 11.3 Å². The number of rotatable bonds is 7. The van der Waals surface area contributed by atoms with E-state index in [-0.39, 0.29) is 17.8 Å². The number of hydrogen-bond donors (Lipinski definition) is 0. The van der Waals surface area contributed by atoms with Gasteiger partial charge < -0.3 is 24.0 Å². The SMILES string of the molecule is CN1CCN(c2onc(-c3ccc(F)cc3)c2CN(C[C@H]2CCCO2)C(=O)c2ccc(Cl)cc2)CC1. The summed E-state index contributed by atoms with van der Waals surface area (Å²) in [5, 5.41) is 4.98. The van der Waals surface area contributed by atoms with Gasteiger partial charge in [0.05, 0.1) is 18.2 Å². The highest BCUT2D eigenvalue weighted by molar-refractivity contribution is 6.30. The number of aromatic nitrogens is 1. The number of hydrogen-bond acceptors (Lipinski definition) is 6.